The van der Waals surface area contributed by atoms with E-state index in [1.54, 1.807) is 0 Å². The van der Waals surface area contributed by atoms with Crippen molar-refractivity contribution in [3.63, 3.8) is 0 Å². The fourth-order valence-electron chi connectivity index (χ4n) is 1.70. The summed E-state index contributed by atoms with van der Waals surface area (Å²) >= 11 is 4.76. The van der Waals surface area contributed by atoms with E-state index >= 15 is 0 Å². The van der Waals surface area contributed by atoms with E-state index in [0.29, 0.717) is 12.5 Å². The molecule has 0 aromatic heterocycles. The lowest BCUT2D eigenvalue weighted by Gasteiger charge is -2.32. The minimum atomic E-state index is -0.483. The second kappa shape index (κ2) is 4.91. The van der Waals surface area contributed by atoms with Crippen LogP contribution in [0.2, 0.25) is 0 Å². The molecule has 0 atom stereocenters. The van der Waals surface area contributed by atoms with Gasteiger partial charge >= 0.3 is 0 Å². The molecule has 0 aromatic rings. The molecule has 14 heavy (non-hydrogen) atoms. The van der Waals surface area contributed by atoms with Crippen molar-refractivity contribution in [1.82, 2.24) is 5.43 Å². The monoisotopic (exact) mass is 218 g/mol. The van der Waals surface area contributed by atoms with Crippen molar-refractivity contribution in [2.24, 2.45) is 11.8 Å². The summed E-state index contributed by atoms with van der Waals surface area (Å²) in [6, 6.07) is 0. The summed E-state index contributed by atoms with van der Waals surface area (Å²) in [6.45, 7) is 2.48. The third kappa shape index (κ3) is 3.77. The first-order chi connectivity index (χ1) is 6.53. The maximum absolute atomic E-state index is 9.72. The number of hydrogen-bond acceptors (Lipinski definition) is 4. The van der Waals surface area contributed by atoms with Crippen LogP contribution in [0.15, 0.2) is 0 Å². The van der Waals surface area contributed by atoms with E-state index in [4.69, 9.17) is 22.8 Å². The zero-order valence-corrected chi connectivity index (χ0v) is 9.27. The molecule has 1 fully saturated rings. The third-order valence-electron chi connectivity index (χ3n) is 2.75. The largest absolute Gasteiger partial charge is 0.470 e. The number of nitrogens with one attached hydrogen (secondary N) is 1. The van der Waals surface area contributed by atoms with Gasteiger partial charge in [-0.15, -0.1) is 0 Å². The molecule has 0 aliphatic heterocycles. The first kappa shape index (κ1) is 11.7. The summed E-state index contributed by atoms with van der Waals surface area (Å²) < 4.78 is 5.21. The number of rotatable bonds is 2. The fourth-order valence-corrected chi connectivity index (χ4v) is 1.77. The van der Waals surface area contributed by atoms with E-state index in [-0.39, 0.29) is 5.17 Å². The summed E-state index contributed by atoms with van der Waals surface area (Å²) in [4.78, 5) is 0. The zero-order valence-electron chi connectivity index (χ0n) is 8.45. The van der Waals surface area contributed by atoms with E-state index in [2.05, 4.69) is 5.43 Å². The standard InChI is InChI=1S/C9H18N2O2S/c1-9(12)4-2-7(3-5-9)6-13-8(14)11-10/h7,12H,2-6,10H2,1H3,(H,11,14)/t7-,9+. The molecule has 0 heterocycles. The second-order valence-corrected chi connectivity index (χ2v) is 4.55. The Morgan fingerprint density at radius 1 is 1.64 bits per heavy atom. The van der Waals surface area contributed by atoms with Gasteiger partial charge in [-0.3, -0.25) is 5.43 Å². The molecule has 82 valence electrons. The third-order valence-corrected chi connectivity index (χ3v) is 2.99. The predicted octanol–water partition coefficient (Wildman–Crippen LogP) is 0.692. The average Bonchev–Trinajstić information content (AvgIpc) is 2.16. The Bertz CT molecular complexity index is 199. The molecule has 1 aliphatic rings. The first-order valence-electron chi connectivity index (χ1n) is 4.89. The Balaban J connectivity index is 2.19. The fraction of sp³-hybridized carbons (Fsp3) is 0.889. The highest BCUT2D eigenvalue weighted by Crippen LogP contribution is 2.31. The van der Waals surface area contributed by atoms with Crippen molar-refractivity contribution in [1.29, 1.82) is 0 Å². The van der Waals surface area contributed by atoms with Gasteiger partial charge in [-0.2, -0.15) is 0 Å². The lowest BCUT2D eigenvalue weighted by Crippen LogP contribution is -2.35. The van der Waals surface area contributed by atoms with Crippen molar-refractivity contribution >= 4 is 17.4 Å². The van der Waals surface area contributed by atoms with E-state index in [1.165, 1.54) is 0 Å². The molecule has 1 saturated carbocycles. The SMILES string of the molecule is C[C@]1(O)CC[C@@H](COC(=S)NN)CC1. The Labute approximate surface area is 89.8 Å². The Hall–Kier alpha value is -0.390. The highest BCUT2D eigenvalue weighted by atomic mass is 32.1. The smallest absolute Gasteiger partial charge is 0.271 e. The molecule has 4 N–H and O–H groups in total. The molecule has 0 unspecified atom stereocenters. The van der Waals surface area contributed by atoms with Crippen LogP contribution in [-0.4, -0.2) is 22.5 Å². The molecular weight excluding hydrogens is 200 g/mol. The molecule has 4 nitrogen and oxygen atoms in total. The normalized spacial score (nSPS) is 32.4. The van der Waals surface area contributed by atoms with Crippen LogP contribution in [0.4, 0.5) is 0 Å². The number of hydrazine groups is 1. The maximum atomic E-state index is 9.72. The molecule has 0 radical (unpaired) electrons. The lowest BCUT2D eigenvalue weighted by molar-refractivity contribution is 0.000688. The van der Waals surface area contributed by atoms with Gasteiger partial charge in [-0.05, 0) is 50.7 Å². The summed E-state index contributed by atoms with van der Waals surface area (Å²) in [5.41, 5.74) is 1.80. The number of hydrogen-bond donors (Lipinski definition) is 3. The van der Waals surface area contributed by atoms with E-state index in [0.717, 1.165) is 25.7 Å². The maximum Gasteiger partial charge on any atom is 0.271 e. The minimum Gasteiger partial charge on any atom is -0.470 e. The van der Waals surface area contributed by atoms with Crippen LogP contribution in [-0.2, 0) is 4.74 Å². The van der Waals surface area contributed by atoms with Crippen LogP contribution in [0, 0.1) is 5.92 Å². The van der Waals surface area contributed by atoms with Crippen molar-refractivity contribution in [2.45, 2.75) is 38.2 Å². The predicted molar refractivity (Wildman–Crippen MR) is 58.5 cm³/mol. The average molecular weight is 218 g/mol. The van der Waals surface area contributed by atoms with Crippen molar-refractivity contribution < 1.29 is 9.84 Å². The number of aliphatic hydroxyl groups is 1. The van der Waals surface area contributed by atoms with E-state index < -0.39 is 5.60 Å². The van der Waals surface area contributed by atoms with Gasteiger partial charge in [0.2, 0.25) is 0 Å². The summed E-state index contributed by atoms with van der Waals surface area (Å²) in [6.07, 6.45) is 3.65. The molecule has 1 rings (SSSR count). The van der Waals surface area contributed by atoms with Crippen LogP contribution in [0.1, 0.15) is 32.6 Å². The quantitative estimate of drug-likeness (QED) is 0.361. The van der Waals surface area contributed by atoms with E-state index in [1.807, 2.05) is 6.92 Å². The zero-order chi connectivity index (χ0) is 10.6. The van der Waals surface area contributed by atoms with Crippen molar-refractivity contribution in [3.8, 4) is 0 Å². The number of nitrogens with two attached hydrogens (primary N) is 1. The van der Waals surface area contributed by atoms with Gasteiger partial charge in [0.25, 0.3) is 5.17 Å². The van der Waals surface area contributed by atoms with Gasteiger partial charge < -0.3 is 9.84 Å². The Morgan fingerprint density at radius 3 is 2.71 bits per heavy atom. The summed E-state index contributed by atoms with van der Waals surface area (Å²) in [5, 5.41) is 9.96. The highest BCUT2D eigenvalue weighted by Gasteiger charge is 2.28. The minimum absolute atomic E-state index is 0.238. The number of ether oxygens (including phenoxy) is 1. The van der Waals surface area contributed by atoms with Crippen LogP contribution in [0.25, 0.3) is 0 Å². The molecule has 0 amide bonds. The van der Waals surface area contributed by atoms with E-state index in [9.17, 15) is 5.11 Å². The summed E-state index contributed by atoms with van der Waals surface area (Å²) in [7, 11) is 0. The van der Waals surface area contributed by atoms with Crippen molar-refractivity contribution in [3.05, 3.63) is 0 Å². The number of thiocarbonyl (C=S) groups is 1. The topological polar surface area (TPSA) is 67.5 Å². The Kier molecular flexibility index (Phi) is 4.10. The van der Waals surface area contributed by atoms with Crippen LogP contribution < -0.4 is 11.3 Å². The lowest BCUT2D eigenvalue weighted by atomic mass is 9.80. The van der Waals surface area contributed by atoms with Gasteiger partial charge in [-0.25, -0.2) is 5.84 Å². The molecule has 0 aromatic carbocycles. The molecule has 0 spiro atoms. The second-order valence-electron chi connectivity index (χ2n) is 4.18. The van der Waals surface area contributed by atoms with Crippen molar-refractivity contribution in [2.75, 3.05) is 6.61 Å². The van der Waals surface area contributed by atoms with Crippen LogP contribution in [0.3, 0.4) is 0 Å². The first-order valence-corrected chi connectivity index (χ1v) is 5.30. The van der Waals surface area contributed by atoms with Gasteiger partial charge in [0.15, 0.2) is 0 Å². The van der Waals surface area contributed by atoms with Gasteiger partial charge in [0.05, 0.1) is 12.2 Å². The molecule has 1 aliphatic carbocycles. The Morgan fingerprint density at radius 2 is 2.21 bits per heavy atom. The molecule has 0 saturated heterocycles. The molecule has 0 bridgehead atoms. The van der Waals surface area contributed by atoms with Gasteiger partial charge in [0, 0.05) is 0 Å². The molecule has 5 heteroatoms. The summed E-state index contributed by atoms with van der Waals surface area (Å²) in [5.74, 6) is 5.56. The van der Waals surface area contributed by atoms with Gasteiger partial charge in [0.1, 0.15) is 0 Å². The van der Waals surface area contributed by atoms with Gasteiger partial charge in [-0.1, -0.05) is 0 Å². The van der Waals surface area contributed by atoms with Crippen LogP contribution >= 0.6 is 12.2 Å². The highest BCUT2D eigenvalue weighted by molar-refractivity contribution is 7.80. The van der Waals surface area contributed by atoms with Crippen LogP contribution in [0.5, 0.6) is 0 Å². The molecular formula is C9H18N2O2S.